The molecule has 0 spiro atoms. The molecule has 2 aliphatic rings. The number of rotatable bonds is 6. The second-order valence-electron chi connectivity index (χ2n) is 13.4. The molecule has 0 saturated carbocycles. The van der Waals surface area contributed by atoms with E-state index < -0.39 is 0 Å². The summed E-state index contributed by atoms with van der Waals surface area (Å²) in [6.45, 7) is 4.52. The molecule has 0 bridgehead atoms. The highest BCUT2D eigenvalue weighted by molar-refractivity contribution is 6.99. The number of fused-ring (bicyclic) bond motifs is 4. The first-order valence-corrected chi connectivity index (χ1v) is 17.6. The molecule has 3 heterocycles. The molecule has 0 amide bonds. The summed E-state index contributed by atoms with van der Waals surface area (Å²) in [6, 6.07) is 60.5. The van der Waals surface area contributed by atoms with E-state index in [4.69, 9.17) is 4.74 Å². The molecule has 0 saturated heterocycles. The number of aryl methyl sites for hydroxylation is 1. The number of anilines is 6. The fourth-order valence-corrected chi connectivity index (χ4v) is 8.25. The largest absolute Gasteiger partial charge is 0.458 e. The van der Waals surface area contributed by atoms with Gasteiger partial charge in [-0.15, -0.1) is 0 Å². The van der Waals surface area contributed by atoms with Gasteiger partial charge in [-0.3, -0.25) is 0 Å². The van der Waals surface area contributed by atoms with E-state index >= 15 is 0 Å². The van der Waals surface area contributed by atoms with Crippen LogP contribution in [0.25, 0.3) is 16.6 Å². The van der Waals surface area contributed by atoms with Crippen molar-refractivity contribution in [3.8, 4) is 17.2 Å². The first-order chi connectivity index (χ1) is 25.2. The summed E-state index contributed by atoms with van der Waals surface area (Å²) in [4.78, 5) is 4.63. The average Bonchev–Trinajstić information content (AvgIpc) is 3.44. The van der Waals surface area contributed by atoms with Gasteiger partial charge in [0, 0.05) is 62.9 Å². The molecule has 0 aliphatic carbocycles. The lowest BCUT2D eigenvalue weighted by Gasteiger charge is -2.36. The van der Waals surface area contributed by atoms with E-state index in [2.05, 4.69) is 198 Å². The average molecular weight is 656 g/mol. The lowest BCUT2D eigenvalue weighted by molar-refractivity contribution is 0.487. The molecule has 4 nitrogen and oxygen atoms in total. The number of aromatic nitrogens is 1. The van der Waals surface area contributed by atoms with E-state index in [1.165, 1.54) is 44.2 Å². The maximum Gasteiger partial charge on any atom is 0.256 e. The summed E-state index contributed by atoms with van der Waals surface area (Å²) in [6.07, 6.45) is 0. The molecule has 51 heavy (non-hydrogen) atoms. The quantitative estimate of drug-likeness (QED) is 0.166. The van der Waals surface area contributed by atoms with E-state index in [1.54, 1.807) is 0 Å². The van der Waals surface area contributed by atoms with Crippen LogP contribution < -0.4 is 30.9 Å². The van der Waals surface area contributed by atoms with Gasteiger partial charge in [-0.25, -0.2) is 0 Å². The summed E-state index contributed by atoms with van der Waals surface area (Å²) in [5.41, 5.74) is 15.2. The zero-order valence-electron chi connectivity index (χ0n) is 28.5. The third-order valence-corrected chi connectivity index (χ3v) is 10.6. The summed E-state index contributed by atoms with van der Waals surface area (Å²) in [5.74, 6) is 1.76. The van der Waals surface area contributed by atoms with E-state index in [0.717, 1.165) is 45.6 Å². The van der Waals surface area contributed by atoms with Crippen molar-refractivity contribution < 1.29 is 4.74 Å². The van der Waals surface area contributed by atoms with Crippen molar-refractivity contribution in [2.75, 3.05) is 9.80 Å². The molecule has 8 aromatic rings. The Morgan fingerprint density at radius 3 is 1.57 bits per heavy atom. The molecule has 10 rings (SSSR count). The highest BCUT2D eigenvalue weighted by atomic mass is 16.5. The van der Waals surface area contributed by atoms with Crippen LogP contribution in [0.3, 0.4) is 0 Å². The zero-order chi connectivity index (χ0) is 34.1. The number of ether oxygens (including phenoxy) is 1. The van der Waals surface area contributed by atoms with Crippen LogP contribution >= 0.6 is 0 Å². The monoisotopic (exact) mass is 655 g/mol. The van der Waals surface area contributed by atoms with E-state index in [-0.39, 0.29) is 6.71 Å². The van der Waals surface area contributed by atoms with Crippen molar-refractivity contribution >= 4 is 68.1 Å². The Morgan fingerprint density at radius 2 is 1.00 bits per heavy atom. The van der Waals surface area contributed by atoms with E-state index in [1.807, 2.05) is 0 Å². The van der Waals surface area contributed by atoms with Gasteiger partial charge in [0.2, 0.25) is 0 Å². The van der Waals surface area contributed by atoms with Gasteiger partial charge in [0.15, 0.2) is 0 Å². The van der Waals surface area contributed by atoms with E-state index in [0.29, 0.717) is 0 Å². The Balaban J connectivity index is 1.23. The predicted molar refractivity (Wildman–Crippen MR) is 213 cm³/mol. The third-order valence-electron chi connectivity index (χ3n) is 10.6. The van der Waals surface area contributed by atoms with Crippen molar-refractivity contribution in [3.63, 3.8) is 0 Å². The lowest BCUT2D eigenvalue weighted by atomic mass is 9.34. The lowest BCUT2D eigenvalue weighted by Crippen LogP contribution is -2.58. The number of nitrogens with zero attached hydrogens (tertiary/aromatic N) is 3. The highest BCUT2D eigenvalue weighted by Crippen LogP contribution is 2.43. The van der Waals surface area contributed by atoms with Crippen LogP contribution in [0.2, 0.25) is 0 Å². The number of benzene rings is 7. The van der Waals surface area contributed by atoms with Gasteiger partial charge in [-0.2, -0.15) is 0 Å². The van der Waals surface area contributed by atoms with Gasteiger partial charge in [-0.05, 0) is 96.5 Å². The molecule has 0 radical (unpaired) electrons. The summed E-state index contributed by atoms with van der Waals surface area (Å²) in [5, 5.41) is 1.30. The van der Waals surface area contributed by atoms with Crippen molar-refractivity contribution in [1.82, 2.24) is 4.57 Å². The smallest absolute Gasteiger partial charge is 0.256 e. The van der Waals surface area contributed by atoms with Crippen LogP contribution in [-0.2, 0) is 0 Å². The van der Waals surface area contributed by atoms with Gasteiger partial charge >= 0.3 is 0 Å². The Bertz CT molecular complexity index is 2510. The summed E-state index contributed by atoms with van der Waals surface area (Å²) < 4.78 is 9.61. The minimum atomic E-state index is 0.0237. The fraction of sp³-hybridized carbons (Fsp3) is 0.0435. The Morgan fingerprint density at radius 1 is 0.471 bits per heavy atom. The van der Waals surface area contributed by atoms with Gasteiger partial charge in [0.25, 0.3) is 6.71 Å². The SMILES string of the molecule is Cc1c(C)n2c3c(cccc13)B1c3ccc(N(c4ccccc4)c4ccccc4)cc3Oc3cc(N(c4ccccc4)c4ccccc4)cc-2c31. The molecular formula is C46H34BN3O. The fourth-order valence-electron chi connectivity index (χ4n) is 8.25. The van der Waals surface area contributed by atoms with Crippen molar-refractivity contribution in [2.24, 2.45) is 0 Å². The zero-order valence-corrected chi connectivity index (χ0v) is 28.5. The molecule has 0 unspecified atom stereocenters. The highest BCUT2D eigenvalue weighted by Gasteiger charge is 2.41. The molecule has 0 N–H and O–H groups in total. The standard InChI is InChI=1S/C46H34BN3O/c1-31-32(2)48-42-28-38(50(35-20-11-5-12-21-35)36-22-13-6-14-23-36)30-44-45(42)47(41-25-15-24-39(31)46(41)48)40-27-26-37(29-43(40)51-44)49(33-16-7-3-8-17-33)34-18-9-4-10-19-34/h3-30H,1-2H3. The number of para-hydroxylation sites is 5. The van der Waals surface area contributed by atoms with Crippen LogP contribution in [0.5, 0.6) is 11.5 Å². The Kier molecular flexibility index (Phi) is 6.68. The first kappa shape index (κ1) is 29.5. The van der Waals surface area contributed by atoms with Gasteiger partial charge in [0.1, 0.15) is 11.5 Å². The minimum Gasteiger partial charge on any atom is -0.458 e. The maximum atomic E-state index is 7.14. The molecule has 0 atom stereocenters. The van der Waals surface area contributed by atoms with Crippen molar-refractivity contribution in [2.45, 2.75) is 13.8 Å². The second-order valence-corrected chi connectivity index (χ2v) is 13.4. The minimum absolute atomic E-state index is 0.0237. The maximum absolute atomic E-state index is 7.14. The molecule has 242 valence electrons. The van der Waals surface area contributed by atoms with Gasteiger partial charge in [0.05, 0.1) is 5.69 Å². The Labute approximate surface area is 298 Å². The van der Waals surface area contributed by atoms with Crippen molar-refractivity contribution in [1.29, 1.82) is 0 Å². The second kappa shape index (κ2) is 11.6. The summed E-state index contributed by atoms with van der Waals surface area (Å²) >= 11 is 0. The van der Waals surface area contributed by atoms with Gasteiger partial charge in [-0.1, -0.05) is 97.1 Å². The topological polar surface area (TPSA) is 20.6 Å². The molecule has 0 fully saturated rings. The first-order valence-electron chi connectivity index (χ1n) is 17.6. The van der Waals surface area contributed by atoms with Gasteiger partial charge < -0.3 is 19.1 Å². The van der Waals surface area contributed by atoms with Crippen LogP contribution in [0.15, 0.2) is 170 Å². The van der Waals surface area contributed by atoms with Crippen LogP contribution in [0, 0.1) is 13.8 Å². The van der Waals surface area contributed by atoms with Crippen LogP contribution in [0.4, 0.5) is 34.1 Å². The molecule has 2 aliphatic heterocycles. The number of hydrogen-bond acceptors (Lipinski definition) is 3. The molecule has 1 aromatic heterocycles. The molecule has 7 aromatic carbocycles. The predicted octanol–water partition coefficient (Wildman–Crippen LogP) is 10.1. The summed E-state index contributed by atoms with van der Waals surface area (Å²) in [7, 11) is 0. The van der Waals surface area contributed by atoms with E-state index in [9.17, 15) is 0 Å². The van der Waals surface area contributed by atoms with Crippen molar-refractivity contribution in [3.05, 3.63) is 181 Å². The third kappa shape index (κ3) is 4.55. The molecular weight excluding hydrogens is 621 g/mol. The Hall–Kier alpha value is -6.46. The van der Waals surface area contributed by atoms with Crippen LogP contribution in [-0.4, -0.2) is 11.3 Å². The number of hydrogen-bond donors (Lipinski definition) is 0. The van der Waals surface area contributed by atoms with Crippen LogP contribution in [0.1, 0.15) is 11.3 Å². The normalized spacial score (nSPS) is 12.2. The molecule has 5 heteroatoms.